The standard InChI is InChI=1S/C19H20F3N5.C18H19F3N6/c20-19(21,22)14-3-1-2-13(10-14)18(11-23)5-8-27(9-6-18)17-15-4-7-24-16(15)25-12-26-17;19-18(20,21)13-3-1-2-12(8-13)17(9-22)4-6-27(7-5-17)16-14-15(24-10-23-14)25-11-26-16/h1-4,7,10,12H,5-6,8-9,11,23H2,(H,24,25,26);1-3,8,10-11H,4-7,9,22H2,(H,23,24,25,26). The van der Waals surface area contributed by atoms with Crippen molar-refractivity contribution in [2.45, 2.75) is 48.9 Å². The number of halogens is 6. The second kappa shape index (κ2) is 14.5. The monoisotopic (exact) mass is 751 g/mol. The van der Waals surface area contributed by atoms with Gasteiger partial charge in [-0.25, -0.2) is 24.9 Å². The summed E-state index contributed by atoms with van der Waals surface area (Å²) < 4.78 is 78.6. The van der Waals surface area contributed by atoms with E-state index in [0.29, 0.717) is 87.2 Å². The van der Waals surface area contributed by atoms with Gasteiger partial charge in [0.05, 0.1) is 22.8 Å². The number of piperidine rings is 2. The zero-order valence-corrected chi connectivity index (χ0v) is 29.1. The quantitative estimate of drug-likeness (QED) is 0.143. The lowest BCUT2D eigenvalue weighted by Gasteiger charge is -2.42. The van der Waals surface area contributed by atoms with Crippen LogP contribution < -0.4 is 21.3 Å². The minimum absolute atomic E-state index is 0.295. The fourth-order valence-electron chi connectivity index (χ4n) is 7.66. The molecule has 2 fully saturated rings. The molecule has 2 aromatic carbocycles. The Labute approximate surface area is 306 Å². The average Bonchev–Trinajstić information content (AvgIpc) is 3.88. The number of alkyl halides is 6. The zero-order chi connectivity index (χ0) is 38.1. The Morgan fingerprint density at radius 2 is 1.11 bits per heavy atom. The summed E-state index contributed by atoms with van der Waals surface area (Å²) in [5.74, 6) is 1.58. The lowest BCUT2D eigenvalue weighted by Crippen LogP contribution is -2.47. The molecule has 2 aliphatic heterocycles. The molecule has 0 amide bonds. The van der Waals surface area contributed by atoms with Crippen molar-refractivity contribution in [3.63, 3.8) is 0 Å². The van der Waals surface area contributed by atoms with E-state index in [0.717, 1.165) is 34.8 Å². The van der Waals surface area contributed by atoms with Crippen molar-refractivity contribution in [1.82, 2.24) is 34.9 Å². The summed E-state index contributed by atoms with van der Waals surface area (Å²) in [7, 11) is 0. The van der Waals surface area contributed by atoms with Crippen molar-refractivity contribution >= 4 is 33.8 Å². The number of fused-ring (bicyclic) bond motifs is 2. The summed E-state index contributed by atoms with van der Waals surface area (Å²) in [4.78, 5) is 31.6. The molecule has 8 rings (SSSR count). The number of nitrogens with zero attached hydrogens (tertiary/aromatic N) is 7. The number of hydrogen-bond acceptors (Lipinski definition) is 9. The van der Waals surface area contributed by atoms with Crippen molar-refractivity contribution in [3.8, 4) is 0 Å². The maximum absolute atomic E-state index is 13.1. The van der Waals surface area contributed by atoms with Gasteiger partial charge in [-0.05, 0) is 55.0 Å². The highest BCUT2D eigenvalue weighted by molar-refractivity contribution is 5.87. The number of rotatable bonds is 6. The highest BCUT2D eigenvalue weighted by Crippen LogP contribution is 2.41. The Bertz CT molecular complexity index is 2040. The highest BCUT2D eigenvalue weighted by atomic mass is 19.4. The van der Waals surface area contributed by atoms with E-state index < -0.39 is 34.3 Å². The van der Waals surface area contributed by atoms with E-state index in [1.165, 1.54) is 36.9 Å². The number of imidazole rings is 1. The van der Waals surface area contributed by atoms with Crippen LogP contribution in [0.2, 0.25) is 0 Å². The molecular weight excluding hydrogens is 712 g/mol. The Morgan fingerprint density at radius 1 is 0.611 bits per heavy atom. The van der Waals surface area contributed by atoms with Crippen molar-refractivity contribution in [2.24, 2.45) is 11.5 Å². The summed E-state index contributed by atoms with van der Waals surface area (Å²) in [6.07, 6.45) is 0.285. The number of nitrogens with one attached hydrogen (secondary N) is 2. The molecule has 0 spiro atoms. The summed E-state index contributed by atoms with van der Waals surface area (Å²) in [5, 5.41) is 0.941. The normalized spacial score (nSPS) is 17.4. The number of benzene rings is 2. The molecule has 284 valence electrons. The fourth-order valence-corrected chi connectivity index (χ4v) is 7.66. The minimum atomic E-state index is -4.36. The van der Waals surface area contributed by atoms with Crippen LogP contribution in [-0.2, 0) is 23.2 Å². The van der Waals surface area contributed by atoms with Gasteiger partial charge in [-0.1, -0.05) is 36.4 Å². The minimum Gasteiger partial charge on any atom is -0.356 e. The number of H-pyrrole nitrogens is 2. The van der Waals surface area contributed by atoms with Gasteiger partial charge >= 0.3 is 12.4 Å². The Kier molecular flexibility index (Phi) is 9.95. The molecule has 6 N–H and O–H groups in total. The van der Waals surface area contributed by atoms with Crippen molar-refractivity contribution in [1.29, 1.82) is 0 Å². The highest BCUT2D eigenvalue weighted by Gasteiger charge is 2.40. The van der Waals surface area contributed by atoms with E-state index in [4.69, 9.17) is 11.5 Å². The molecule has 17 heteroatoms. The molecule has 11 nitrogen and oxygen atoms in total. The first-order valence-electron chi connectivity index (χ1n) is 17.5. The fraction of sp³-hybridized carbons (Fsp3) is 0.378. The second-order valence-corrected chi connectivity index (χ2v) is 13.8. The number of aromatic amines is 2. The number of hydrogen-bond donors (Lipinski definition) is 4. The van der Waals surface area contributed by atoms with Gasteiger partial charge in [0.2, 0.25) is 0 Å². The topological polar surface area (TPSA) is 155 Å². The summed E-state index contributed by atoms with van der Waals surface area (Å²) >= 11 is 0. The van der Waals surface area contributed by atoms with Gasteiger partial charge in [-0.15, -0.1) is 0 Å². The third-order valence-electron chi connectivity index (χ3n) is 11.0. The number of nitrogens with two attached hydrogens (primary N) is 2. The Hall–Kier alpha value is -5.29. The number of aromatic nitrogens is 7. The summed E-state index contributed by atoms with van der Waals surface area (Å²) in [6, 6.07) is 13.0. The smallest absolute Gasteiger partial charge is 0.356 e. The lowest BCUT2D eigenvalue weighted by molar-refractivity contribution is -0.138. The maximum atomic E-state index is 13.1. The van der Waals surface area contributed by atoms with Crippen LogP contribution in [0.4, 0.5) is 38.0 Å². The molecule has 54 heavy (non-hydrogen) atoms. The van der Waals surface area contributed by atoms with Crippen LogP contribution in [0.1, 0.15) is 47.9 Å². The van der Waals surface area contributed by atoms with Crippen molar-refractivity contribution in [2.75, 3.05) is 49.1 Å². The van der Waals surface area contributed by atoms with Crippen molar-refractivity contribution in [3.05, 3.63) is 102 Å². The molecule has 6 aromatic rings. The van der Waals surface area contributed by atoms with Gasteiger partial charge in [-0.3, -0.25) is 0 Å². The SMILES string of the molecule is NCC1(c2cccc(C(F)(F)F)c2)CCN(c2ncnc3[nH]ccc23)CC1.NCC1(c2cccc(C(F)(F)F)c2)CCN(c2ncnc3[nH]cnc23)CC1. The molecule has 4 aromatic heterocycles. The van der Waals surface area contributed by atoms with E-state index >= 15 is 0 Å². The van der Waals surface area contributed by atoms with Crippen LogP contribution >= 0.6 is 0 Å². The molecule has 2 aliphatic rings. The first kappa shape index (κ1) is 37.0. The molecule has 6 heterocycles. The summed E-state index contributed by atoms with van der Waals surface area (Å²) in [5.41, 5.74) is 13.3. The molecule has 0 saturated carbocycles. The predicted octanol–water partition coefficient (Wildman–Crippen LogP) is 6.34. The number of anilines is 2. The maximum Gasteiger partial charge on any atom is 0.416 e. The van der Waals surface area contributed by atoms with E-state index in [-0.39, 0.29) is 0 Å². The third-order valence-corrected chi connectivity index (χ3v) is 11.0. The Balaban J connectivity index is 0.000000167. The van der Waals surface area contributed by atoms with Crippen LogP contribution in [-0.4, -0.2) is 74.2 Å². The third kappa shape index (κ3) is 7.16. The molecule has 2 saturated heterocycles. The van der Waals surface area contributed by atoms with E-state index in [1.54, 1.807) is 18.5 Å². The predicted molar refractivity (Wildman–Crippen MR) is 193 cm³/mol. The van der Waals surface area contributed by atoms with E-state index in [1.807, 2.05) is 12.3 Å². The average molecular weight is 752 g/mol. The first-order valence-corrected chi connectivity index (χ1v) is 17.5. The molecule has 0 radical (unpaired) electrons. The van der Waals surface area contributed by atoms with Crippen LogP contribution in [0.25, 0.3) is 22.2 Å². The first-order chi connectivity index (χ1) is 25.9. The van der Waals surface area contributed by atoms with Crippen LogP contribution in [0.3, 0.4) is 0 Å². The Morgan fingerprint density at radius 3 is 1.63 bits per heavy atom. The van der Waals surface area contributed by atoms with Gasteiger partial charge in [0.1, 0.15) is 29.6 Å². The van der Waals surface area contributed by atoms with E-state index in [9.17, 15) is 26.3 Å². The van der Waals surface area contributed by atoms with Gasteiger partial charge in [-0.2, -0.15) is 26.3 Å². The van der Waals surface area contributed by atoms with E-state index in [2.05, 4.69) is 44.7 Å². The molecule has 0 bridgehead atoms. The van der Waals surface area contributed by atoms with Crippen molar-refractivity contribution < 1.29 is 26.3 Å². The van der Waals surface area contributed by atoms with Gasteiger partial charge in [0.15, 0.2) is 11.5 Å². The van der Waals surface area contributed by atoms with Gasteiger partial charge < -0.3 is 31.2 Å². The largest absolute Gasteiger partial charge is 0.416 e. The molecule has 0 aliphatic carbocycles. The van der Waals surface area contributed by atoms with Gasteiger partial charge in [0, 0.05) is 56.3 Å². The van der Waals surface area contributed by atoms with Crippen LogP contribution in [0.15, 0.2) is 79.8 Å². The summed E-state index contributed by atoms with van der Waals surface area (Å²) in [6.45, 7) is 3.21. The van der Waals surface area contributed by atoms with Crippen LogP contribution in [0, 0.1) is 0 Å². The molecular formula is C37H39F6N11. The molecule has 0 unspecified atom stereocenters. The lowest BCUT2D eigenvalue weighted by atomic mass is 9.72. The van der Waals surface area contributed by atoms with Crippen LogP contribution in [0.5, 0.6) is 0 Å². The zero-order valence-electron chi connectivity index (χ0n) is 29.1. The molecule has 0 atom stereocenters. The van der Waals surface area contributed by atoms with Gasteiger partial charge in [0.25, 0.3) is 0 Å². The second-order valence-electron chi connectivity index (χ2n) is 13.8.